The number of benzene rings is 1. The molecule has 1 aromatic carbocycles. The molecule has 1 N–H and O–H groups in total. The van der Waals surface area contributed by atoms with Gasteiger partial charge in [-0.1, -0.05) is 19.1 Å². The van der Waals surface area contributed by atoms with E-state index in [0.717, 1.165) is 57.4 Å². The highest BCUT2D eigenvalue weighted by Gasteiger charge is 2.32. The Bertz CT molecular complexity index is 793. The molecule has 2 aliphatic rings. The quantitative estimate of drug-likeness (QED) is 0.900. The fourth-order valence-electron chi connectivity index (χ4n) is 4.32. The van der Waals surface area contributed by atoms with Crippen LogP contribution in [0.4, 0.5) is 0 Å². The molecule has 1 aliphatic heterocycles. The van der Waals surface area contributed by atoms with Crippen molar-refractivity contribution in [3.8, 4) is 5.69 Å². The minimum atomic E-state index is 0.116. The van der Waals surface area contributed by atoms with Crippen LogP contribution in [0.1, 0.15) is 47.1 Å². The van der Waals surface area contributed by atoms with E-state index in [0.29, 0.717) is 11.6 Å². The maximum absolute atomic E-state index is 13.1. The molecule has 1 saturated heterocycles. The monoisotopic (exact) mass is 352 g/mol. The van der Waals surface area contributed by atoms with Crippen LogP contribution in [0.25, 0.3) is 5.69 Å². The van der Waals surface area contributed by atoms with Crippen LogP contribution in [-0.4, -0.2) is 47.3 Å². The minimum absolute atomic E-state index is 0.116. The summed E-state index contributed by atoms with van der Waals surface area (Å²) < 4.78 is 2.01. The van der Waals surface area contributed by atoms with Crippen LogP contribution in [0.2, 0.25) is 0 Å². The fraction of sp³-hybridized carbons (Fsp3) is 0.524. The van der Waals surface area contributed by atoms with Crippen LogP contribution in [0, 0.1) is 5.92 Å². The van der Waals surface area contributed by atoms with Crippen molar-refractivity contribution in [1.82, 2.24) is 20.0 Å². The van der Waals surface area contributed by atoms with Gasteiger partial charge in [0.05, 0.1) is 5.69 Å². The normalized spacial score (nSPS) is 19.2. The highest BCUT2D eigenvalue weighted by atomic mass is 16.2. The van der Waals surface area contributed by atoms with Crippen molar-refractivity contribution in [3.05, 3.63) is 46.8 Å². The first kappa shape index (κ1) is 17.3. The van der Waals surface area contributed by atoms with Gasteiger partial charge in [0.25, 0.3) is 5.91 Å². The summed E-state index contributed by atoms with van der Waals surface area (Å²) in [6.07, 6.45) is 5.20. The standard InChI is InChI=1S/C21H28N4O/c1-3-15-7-9-17(10-8-15)25-19-6-4-5-18(19)20(23-25)21(26)24-12-11-16(14-24)13-22-2/h7-10,16,22H,3-6,11-14H2,1-2H3. The number of hydrogen-bond donors (Lipinski definition) is 1. The molecule has 1 aliphatic carbocycles. The van der Waals surface area contributed by atoms with Gasteiger partial charge >= 0.3 is 0 Å². The molecule has 2 aromatic rings. The summed E-state index contributed by atoms with van der Waals surface area (Å²) in [6, 6.07) is 8.56. The van der Waals surface area contributed by atoms with Crippen LogP contribution >= 0.6 is 0 Å². The summed E-state index contributed by atoms with van der Waals surface area (Å²) in [5, 5.41) is 8.01. The van der Waals surface area contributed by atoms with E-state index in [1.165, 1.54) is 16.8 Å². The molecule has 1 aromatic heterocycles. The topological polar surface area (TPSA) is 50.2 Å². The van der Waals surface area contributed by atoms with Crippen molar-refractivity contribution in [2.75, 3.05) is 26.7 Å². The average Bonchev–Trinajstić information content (AvgIpc) is 3.38. The van der Waals surface area contributed by atoms with E-state index >= 15 is 0 Å². The van der Waals surface area contributed by atoms with E-state index in [1.807, 2.05) is 16.6 Å². The fourth-order valence-corrected chi connectivity index (χ4v) is 4.32. The maximum atomic E-state index is 13.1. The first-order chi connectivity index (χ1) is 12.7. The van der Waals surface area contributed by atoms with E-state index < -0.39 is 0 Å². The molecule has 1 fully saturated rings. The van der Waals surface area contributed by atoms with Crippen molar-refractivity contribution in [1.29, 1.82) is 0 Å². The zero-order chi connectivity index (χ0) is 18.1. The Labute approximate surface area is 155 Å². The lowest BCUT2D eigenvalue weighted by Gasteiger charge is -2.16. The molecular weight excluding hydrogens is 324 g/mol. The summed E-state index contributed by atoms with van der Waals surface area (Å²) in [5.41, 5.74) is 5.47. The number of carbonyl (C=O) groups is 1. The van der Waals surface area contributed by atoms with Crippen molar-refractivity contribution < 1.29 is 4.79 Å². The number of likely N-dealkylation sites (tertiary alicyclic amines) is 1. The highest BCUT2D eigenvalue weighted by molar-refractivity contribution is 5.94. The van der Waals surface area contributed by atoms with Gasteiger partial charge in [-0.05, 0) is 69.3 Å². The zero-order valence-electron chi connectivity index (χ0n) is 15.8. The van der Waals surface area contributed by atoms with E-state index in [-0.39, 0.29) is 5.91 Å². The Kier molecular flexibility index (Phi) is 4.81. The second kappa shape index (κ2) is 7.23. The van der Waals surface area contributed by atoms with Gasteiger partial charge in [0.15, 0.2) is 5.69 Å². The Hall–Kier alpha value is -2.14. The number of amides is 1. The molecule has 5 heteroatoms. The second-order valence-corrected chi connectivity index (χ2v) is 7.52. The van der Waals surface area contributed by atoms with Crippen LogP contribution in [-0.2, 0) is 19.3 Å². The highest BCUT2D eigenvalue weighted by Crippen LogP contribution is 2.29. The van der Waals surface area contributed by atoms with Gasteiger partial charge in [0.2, 0.25) is 0 Å². The molecule has 0 radical (unpaired) electrons. The Morgan fingerprint density at radius 1 is 1.27 bits per heavy atom. The molecule has 1 atom stereocenters. The summed E-state index contributed by atoms with van der Waals surface area (Å²) in [4.78, 5) is 15.1. The van der Waals surface area contributed by atoms with E-state index in [4.69, 9.17) is 5.10 Å². The third kappa shape index (κ3) is 3.05. The Morgan fingerprint density at radius 2 is 2.08 bits per heavy atom. The molecule has 2 heterocycles. The lowest BCUT2D eigenvalue weighted by Crippen LogP contribution is -2.31. The number of fused-ring (bicyclic) bond motifs is 1. The van der Waals surface area contributed by atoms with Crippen molar-refractivity contribution >= 4 is 5.91 Å². The van der Waals surface area contributed by atoms with Gasteiger partial charge in [0.1, 0.15) is 0 Å². The first-order valence-electron chi connectivity index (χ1n) is 9.85. The van der Waals surface area contributed by atoms with E-state index in [1.54, 1.807) is 0 Å². The number of carbonyl (C=O) groups excluding carboxylic acids is 1. The number of aryl methyl sites for hydroxylation is 1. The molecular formula is C21H28N4O. The number of hydrogen-bond acceptors (Lipinski definition) is 3. The van der Waals surface area contributed by atoms with Crippen molar-refractivity contribution in [2.45, 2.75) is 39.0 Å². The van der Waals surface area contributed by atoms with Crippen LogP contribution in [0.15, 0.2) is 24.3 Å². The van der Waals surface area contributed by atoms with Crippen molar-refractivity contribution in [2.24, 2.45) is 5.92 Å². The predicted molar refractivity (Wildman–Crippen MR) is 103 cm³/mol. The Balaban J connectivity index is 1.62. The molecule has 138 valence electrons. The average molecular weight is 352 g/mol. The second-order valence-electron chi connectivity index (χ2n) is 7.52. The van der Waals surface area contributed by atoms with Crippen LogP contribution < -0.4 is 5.32 Å². The SMILES string of the molecule is CCc1ccc(-n2nc(C(=O)N3CCC(CNC)C3)c3c2CCC3)cc1. The number of rotatable bonds is 5. The number of aromatic nitrogens is 2. The molecule has 26 heavy (non-hydrogen) atoms. The summed E-state index contributed by atoms with van der Waals surface area (Å²) in [7, 11) is 1.98. The molecule has 0 spiro atoms. The van der Waals surface area contributed by atoms with E-state index in [9.17, 15) is 4.79 Å². The molecule has 5 nitrogen and oxygen atoms in total. The van der Waals surface area contributed by atoms with Gasteiger partial charge in [-0.15, -0.1) is 0 Å². The largest absolute Gasteiger partial charge is 0.337 e. The molecule has 1 amide bonds. The smallest absolute Gasteiger partial charge is 0.274 e. The zero-order valence-corrected chi connectivity index (χ0v) is 15.8. The third-order valence-corrected chi connectivity index (χ3v) is 5.79. The Morgan fingerprint density at radius 3 is 2.81 bits per heavy atom. The first-order valence-corrected chi connectivity index (χ1v) is 9.85. The lowest BCUT2D eigenvalue weighted by molar-refractivity contribution is 0.0780. The summed E-state index contributed by atoms with van der Waals surface area (Å²) in [5.74, 6) is 0.673. The summed E-state index contributed by atoms with van der Waals surface area (Å²) in [6.45, 7) is 4.82. The van der Waals surface area contributed by atoms with Crippen LogP contribution in [0.3, 0.4) is 0 Å². The number of nitrogens with one attached hydrogen (secondary N) is 1. The minimum Gasteiger partial charge on any atom is -0.337 e. The van der Waals surface area contributed by atoms with E-state index in [2.05, 4.69) is 36.5 Å². The van der Waals surface area contributed by atoms with Gasteiger partial charge in [-0.2, -0.15) is 5.10 Å². The van der Waals surface area contributed by atoms with Crippen LogP contribution in [0.5, 0.6) is 0 Å². The molecule has 4 rings (SSSR count). The predicted octanol–water partition coefficient (Wildman–Crippen LogP) is 2.60. The molecule has 0 saturated carbocycles. The third-order valence-electron chi connectivity index (χ3n) is 5.79. The van der Waals surface area contributed by atoms with Gasteiger partial charge in [-0.25, -0.2) is 4.68 Å². The lowest BCUT2D eigenvalue weighted by atomic mass is 10.1. The van der Waals surface area contributed by atoms with Crippen molar-refractivity contribution in [3.63, 3.8) is 0 Å². The maximum Gasteiger partial charge on any atom is 0.274 e. The molecule has 1 unspecified atom stereocenters. The van der Waals surface area contributed by atoms with Gasteiger partial charge < -0.3 is 10.2 Å². The summed E-state index contributed by atoms with van der Waals surface area (Å²) >= 11 is 0. The van der Waals surface area contributed by atoms with Gasteiger partial charge in [0, 0.05) is 24.3 Å². The molecule has 0 bridgehead atoms. The van der Waals surface area contributed by atoms with Gasteiger partial charge in [-0.3, -0.25) is 4.79 Å². The number of nitrogens with zero attached hydrogens (tertiary/aromatic N) is 3.